The van der Waals surface area contributed by atoms with Gasteiger partial charge < -0.3 is 15.3 Å². The summed E-state index contributed by atoms with van der Waals surface area (Å²) >= 11 is 1.06. The number of hydrogen-bond acceptors (Lipinski definition) is 8. The lowest BCUT2D eigenvalue weighted by atomic mass is 9.80. The quantitative estimate of drug-likeness (QED) is 0.460. The second kappa shape index (κ2) is 8.51. The summed E-state index contributed by atoms with van der Waals surface area (Å²) in [6.07, 6.45) is 5.95. The number of amidine groups is 1. The summed E-state index contributed by atoms with van der Waals surface area (Å²) in [6, 6.07) is 9.31. The first-order valence-corrected chi connectivity index (χ1v) is 15.9. The third-order valence-corrected chi connectivity index (χ3v) is 10.4. The van der Waals surface area contributed by atoms with Gasteiger partial charge in [0.25, 0.3) is 15.9 Å². The Labute approximate surface area is 218 Å². The second-order valence-electron chi connectivity index (χ2n) is 9.70. The van der Waals surface area contributed by atoms with Crippen LogP contribution in [0, 0.1) is 17.8 Å². The van der Waals surface area contributed by atoms with Crippen LogP contribution < -0.4 is 10.0 Å². The average Bonchev–Trinajstić information content (AvgIpc) is 3.55. The van der Waals surface area contributed by atoms with Crippen molar-refractivity contribution in [2.24, 2.45) is 22.2 Å². The van der Waals surface area contributed by atoms with Gasteiger partial charge in [-0.1, -0.05) is 42.5 Å². The number of nitrogens with one attached hydrogen (secondary N) is 2. The summed E-state index contributed by atoms with van der Waals surface area (Å²) in [5, 5.41) is 16.1. The Kier molecular flexibility index (Phi) is 5.60. The number of thiophene rings is 1. The van der Waals surface area contributed by atoms with Gasteiger partial charge in [0, 0.05) is 30.6 Å². The molecule has 2 aromatic rings. The summed E-state index contributed by atoms with van der Waals surface area (Å²) in [4.78, 5) is 15.5. The summed E-state index contributed by atoms with van der Waals surface area (Å²) in [5.41, 5.74) is 1.03. The standard InChI is InChI=1S/C24H24N4O6S3/c1-36(31,32)25-10-16-12-35-23-21(16)37(33,34)27-22(26-23)18-20(29)17-14-7-8-15(9-14)19(17)28(24(18)30)11-13-5-3-2-4-6-13/h2-8,12,14-15,17,19,25,29H,9-11H2,1H3,(H,26,27). The molecule has 4 atom stereocenters. The van der Waals surface area contributed by atoms with Gasteiger partial charge in [-0.2, -0.15) is 8.42 Å². The molecule has 3 heterocycles. The van der Waals surface area contributed by atoms with Crippen LogP contribution in [0.25, 0.3) is 0 Å². The zero-order valence-corrected chi connectivity index (χ0v) is 22.1. The summed E-state index contributed by atoms with van der Waals surface area (Å²) in [7, 11) is -7.82. The number of sulfonamides is 2. The lowest BCUT2D eigenvalue weighted by molar-refractivity contribution is -0.133. The van der Waals surface area contributed by atoms with Crippen LogP contribution in [0.4, 0.5) is 5.00 Å². The number of hydrogen-bond donors (Lipinski definition) is 3. The molecule has 1 aromatic heterocycles. The Morgan fingerprint density at radius 3 is 2.68 bits per heavy atom. The maximum atomic E-state index is 13.9. The van der Waals surface area contributed by atoms with Crippen LogP contribution in [0.2, 0.25) is 0 Å². The predicted octanol–water partition coefficient (Wildman–Crippen LogP) is 2.36. The van der Waals surface area contributed by atoms with E-state index in [4.69, 9.17) is 0 Å². The molecule has 2 aliphatic carbocycles. The molecule has 1 fully saturated rings. The van der Waals surface area contributed by atoms with Crippen LogP contribution in [0.15, 0.2) is 68.5 Å². The van der Waals surface area contributed by atoms with Gasteiger partial charge in [0.15, 0.2) is 5.84 Å². The first-order valence-electron chi connectivity index (χ1n) is 11.7. The molecule has 1 amide bonds. The number of aliphatic hydroxyl groups is 1. The van der Waals surface area contributed by atoms with Crippen molar-refractivity contribution in [3.05, 3.63) is 70.3 Å². The molecule has 1 saturated carbocycles. The fourth-order valence-corrected chi connectivity index (χ4v) is 8.83. The molecule has 3 N–H and O–H groups in total. The fraction of sp³-hybridized carbons (Fsp3) is 0.333. The van der Waals surface area contributed by atoms with Crippen molar-refractivity contribution >= 4 is 48.1 Å². The number of anilines is 1. The summed E-state index contributed by atoms with van der Waals surface area (Å²) in [6.45, 7) is 0.105. The van der Waals surface area contributed by atoms with E-state index < -0.39 is 26.0 Å². The molecule has 194 valence electrons. The molecule has 4 unspecified atom stereocenters. The smallest absolute Gasteiger partial charge is 0.287 e. The summed E-state index contributed by atoms with van der Waals surface area (Å²) < 4.78 is 55.7. The van der Waals surface area contributed by atoms with Gasteiger partial charge in [0.05, 0.1) is 6.26 Å². The van der Waals surface area contributed by atoms with Gasteiger partial charge in [0.2, 0.25) is 10.0 Å². The molecule has 13 heteroatoms. The number of carbonyl (C=O) groups excluding carboxylic acids is 1. The lowest BCUT2D eigenvalue weighted by Crippen LogP contribution is -2.53. The van der Waals surface area contributed by atoms with Crippen molar-refractivity contribution in [3.63, 3.8) is 0 Å². The monoisotopic (exact) mass is 560 g/mol. The largest absolute Gasteiger partial charge is 0.511 e. The van der Waals surface area contributed by atoms with Crippen LogP contribution in [-0.2, 0) is 37.9 Å². The van der Waals surface area contributed by atoms with E-state index in [0.717, 1.165) is 29.6 Å². The van der Waals surface area contributed by atoms with Crippen molar-refractivity contribution in [2.75, 3.05) is 11.6 Å². The number of carbonyl (C=O) groups is 1. The van der Waals surface area contributed by atoms with Crippen molar-refractivity contribution < 1.29 is 26.7 Å². The maximum absolute atomic E-state index is 13.9. The van der Waals surface area contributed by atoms with E-state index in [1.165, 1.54) is 5.38 Å². The first-order chi connectivity index (χ1) is 17.5. The minimum atomic E-state index is -4.28. The fourth-order valence-electron chi connectivity index (χ4n) is 5.81. The van der Waals surface area contributed by atoms with Gasteiger partial charge in [-0.05, 0) is 29.2 Å². The zero-order chi connectivity index (χ0) is 26.1. The predicted molar refractivity (Wildman–Crippen MR) is 139 cm³/mol. The van der Waals surface area contributed by atoms with Crippen LogP contribution in [0.3, 0.4) is 0 Å². The molecule has 37 heavy (non-hydrogen) atoms. The van der Waals surface area contributed by atoms with E-state index in [-0.39, 0.29) is 63.0 Å². The number of aliphatic hydroxyl groups excluding tert-OH is 1. The van der Waals surface area contributed by atoms with Crippen molar-refractivity contribution in [2.45, 2.75) is 30.4 Å². The molecule has 6 rings (SSSR count). The molecular formula is C24H24N4O6S3. The van der Waals surface area contributed by atoms with Crippen molar-refractivity contribution in [3.8, 4) is 0 Å². The highest BCUT2D eigenvalue weighted by Crippen LogP contribution is 2.52. The Morgan fingerprint density at radius 2 is 1.95 bits per heavy atom. The van der Waals surface area contributed by atoms with E-state index in [1.54, 1.807) is 4.90 Å². The highest BCUT2D eigenvalue weighted by Gasteiger charge is 2.55. The van der Waals surface area contributed by atoms with Gasteiger partial charge in [0.1, 0.15) is 21.2 Å². The van der Waals surface area contributed by atoms with Gasteiger partial charge in [-0.3, -0.25) is 4.79 Å². The normalized spacial score (nSPS) is 27.6. The molecule has 2 bridgehead atoms. The zero-order valence-electron chi connectivity index (χ0n) is 19.7. The molecule has 0 spiro atoms. The van der Waals surface area contributed by atoms with E-state index >= 15 is 0 Å². The lowest BCUT2D eigenvalue weighted by Gasteiger charge is -2.42. The Hall–Kier alpha value is -3.00. The topological polar surface area (TPSA) is 145 Å². The number of benzene rings is 1. The molecule has 4 aliphatic rings. The molecule has 0 radical (unpaired) electrons. The van der Waals surface area contributed by atoms with Gasteiger partial charge >= 0.3 is 0 Å². The number of allylic oxidation sites excluding steroid dienone is 1. The van der Waals surface area contributed by atoms with Crippen LogP contribution in [0.5, 0.6) is 0 Å². The molecule has 1 aromatic carbocycles. The molecule has 10 nitrogen and oxygen atoms in total. The Balaban J connectivity index is 1.40. The van der Waals surface area contributed by atoms with E-state index in [2.05, 4.69) is 26.6 Å². The third-order valence-electron chi connectivity index (χ3n) is 7.30. The number of fused-ring (bicyclic) bond motifs is 6. The van der Waals surface area contributed by atoms with Crippen molar-refractivity contribution in [1.29, 1.82) is 0 Å². The first kappa shape index (κ1) is 24.3. The number of rotatable bonds is 6. The average molecular weight is 561 g/mol. The molecular weight excluding hydrogens is 536 g/mol. The van der Waals surface area contributed by atoms with Crippen LogP contribution in [-0.4, -0.2) is 50.9 Å². The van der Waals surface area contributed by atoms with Crippen LogP contribution >= 0.6 is 11.3 Å². The SMILES string of the molecule is CS(=O)(=O)NCc1csc2c1S(=O)(=O)N=C(C1=C(O)C3C4C=CC(C4)C3N(Cc3ccccc3)C1=O)N2. The minimum absolute atomic E-state index is 0.0446. The van der Waals surface area contributed by atoms with Gasteiger partial charge in [-0.25, -0.2) is 13.1 Å². The Bertz CT molecular complexity index is 1610. The van der Waals surface area contributed by atoms with E-state index in [1.807, 2.05) is 30.3 Å². The van der Waals surface area contributed by atoms with E-state index in [0.29, 0.717) is 6.54 Å². The molecule has 2 aliphatic heterocycles. The third kappa shape index (κ3) is 4.10. The van der Waals surface area contributed by atoms with E-state index in [9.17, 15) is 26.7 Å². The highest BCUT2D eigenvalue weighted by atomic mass is 32.2. The van der Waals surface area contributed by atoms with Crippen molar-refractivity contribution in [1.82, 2.24) is 9.62 Å². The number of nitrogens with zero attached hydrogens (tertiary/aromatic N) is 2. The second-order valence-corrected chi connectivity index (χ2v) is 13.9. The Morgan fingerprint density at radius 1 is 1.22 bits per heavy atom. The van der Waals surface area contributed by atoms with Crippen LogP contribution in [0.1, 0.15) is 17.5 Å². The minimum Gasteiger partial charge on any atom is -0.511 e. The highest BCUT2D eigenvalue weighted by molar-refractivity contribution is 7.91. The number of amides is 1. The summed E-state index contributed by atoms with van der Waals surface area (Å²) in [5.74, 6) is -1.03. The maximum Gasteiger partial charge on any atom is 0.287 e. The molecule has 0 saturated heterocycles. The van der Waals surface area contributed by atoms with Gasteiger partial charge in [-0.15, -0.1) is 15.7 Å².